The number of aliphatic hydroxyl groups is 1. The Morgan fingerprint density at radius 2 is 1.94 bits per heavy atom. The number of ether oxygens (including phenoxy) is 2. The predicted octanol–water partition coefficient (Wildman–Crippen LogP) is 3.45. The van der Waals surface area contributed by atoms with Crippen molar-refractivity contribution in [3.63, 3.8) is 0 Å². The van der Waals surface area contributed by atoms with E-state index in [9.17, 15) is 14.7 Å². The molecule has 4 aromatic rings. The molecular formula is C28H27N3O5. The quantitative estimate of drug-likeness (QED) is 0.308. The van der Waals surface area contributed by atoms with Gasteiger partial charge in [-0.25, -0.2) is 4.98 Å². The van der Waals surface area contributed by atoms with Crippen molar-refractivity contribution in [2.45, 2.75) is 39.3 Å². The third kappa shape index (κ3) is 4.25. The average molecular weight is 486 g/mol. The minimum absolute atomic E-state index is 0.197. The number of aromatic nitrogens is 2. The highest BCUT2D eigenvalue weighted by molar-refractivity contribution is 5.89. The second kappa shape index (κ2) is 9.93. The van der Waals surface area contributed by atoms with Crippen LogP contribution in [0.15, 0.2) is 59.4 Å². The molecule has 3 heterocycles. The lowest BCUT2D eigenvalue weighted by molar-refractivity contribution is -0.129. The van der Waals surface area contributed by atoms with Crippen LogP contribution in [0.4, 0.5) is 0 Å². The number of hydrogen-bond donors (Lipinski definition) is 2. The van der Waals surface area contributed by atoms with Gasteiger partial charge < -0.3 is 24.5 Å². The fourth-order valence-electron chi connectivity index (χ4n) is 4.84. The summed E-state index contributed by atoms with van der Waals surface area (Å²) in [7, 11) is 1.63. The summed E-state index contributed by atoms with van der Waals surface area (Å²) < 4.78 is 12.0. The van der Waals surface area contributed by atoms with Gasteiger partial charge in [-0.05, 0) is 47.9 Å². The van der Waals surface area contributed by atoms with Crippen LogP contribution in [0.2, 0.25) is 0 Å². The molecule has 2 aromatic carbocycles. The standard InChI is InChI=1S/C28H27N3O5/c1-17(33)20-11-26-27-23(14-31(26)28(34)24(20)15-36-16-32)22(13-29-12-18-6-4-3-5-7-18)21-10-19(35-2)8-9-25(21)30-27/h3-11,16-17,29,33H,12-15H2,1-2H3. The van der Waals surface area contributed by atoms with E-state index < -0.39 is 6.10 Å². The van der Waals surface area contributed by atoms with E-state index in [0.717, 1.165) is 27.8 Å². The van der Waals surface area contributed by atoms with E-state index >= 15 is 0 Å². The number of methoxy groups -OCH3 is 1. The van der Waals surface area contributed by atoms with Crippen LogP contribution >= 0.6 is 0 Å². The van der Waals surface area contributed by atoms with Crippen LogP contribution in [0.3, 0.4) is 0 Å². The molecule has 8 heteroatoms. The van der Waals surface area contributed by atoms with Crippen LogP contribution in [-0.2, 0) is 35.8 Å². The molecule has 0 radical (unpaired) electrons. The van der Waals surface area contributed by atoms with Crippen molar-refractivity contribution in [3.05, 3.63) is 92.8 Å². The number of rotatable bonds is 9. The largest absolute Gasteiger partial charge is 0.497 e. The molecule has 0 saturated heterocycles. The Morgan fingerprint density at radius 1 is 1.14 bits per heavy atom. The van der Waals surface area contributed by atoms with E-state index in [2.05, 4.69) is 17.4 Å². The predicted molar refractivity (Wildman–Crippen MR) is 136 cm³/mol. The normalized spacial score (nSPS) is 12.8. The Hall–Kier alpha value is -4.01. The lowest BCUT2D eigenvalue weighted by Crippen LogP contribution is -2.26. The number of nitrogens with one attached hydrogen (secondary N) is 1. The number of aliphatic hydroxyl groups excluding tert-OH is 1. The summed E-state index contributed by atoms with van der Waals surface area (Å²) in [6, 6.07) is 17.7. The Labute approximate surface area is 208 Å². The third-order valence-corrected chi connectivity index (χ3v) is 6.62. The van der Waals surface area contributed by atoms with Crippen molar-refractivity contribution in [2.75, 3.05) is 7.11 Å². The molecule has 36 heavy (non-hydrogen) atoms. The first-order chi connectivity index (χ1) is 17.5. The number of hydrogen-bond acceptors (Lipinski definition) is 7. The zero-order valence-corrected chi connectivity index (χ0v) is 20.2. The van der Waals surface area contributed by atoms with Crippen molar-refractivity contribution in [1.82, 2.24) is 14.9 Å². The van der Waals surface area contributed by atoms with Gasteiger partial charge in [0.15, 0.2) is 0 Å². The van der Waals surface area contributed by atoms with E-state index in [0.29, 0.717) is 43.1 Å². The molecule has 0 spiro atoms. The first-order valence-corrected chi connectivity index (χ1v) is 11.8. The third-order valence-electron chi connectivity index (χ3n) is 6.62. The Balaban J connectivity index is 1.64. The highest BCUT2D eigenvalue weighted by atomic mass is 16.5. The lowest BCUT2D eigenvalue weighted by atomic mass is 9.99. The van der Waals surface area contributed by atoms with Gasteiger partial charge in [-0.1, -0.05) is 30.3 Å². The lowest BCUT2D eigenvalue weighted by Gasteiger charge is -2.15. The molecular weight excluding hydrogens is 458 g/mol. The van der Waals surface area contributed by atoms with Gasteiger partial charge in [0.05, 0.1) is 42.2 Å². The summed E-state index contributed by atoms with van der Waals surface area (Å²) in [5, 5.41) is 14.9. The summed E-state index contributed by atoms with van der Waals surface area (Å²) in [4.78, 5) is 29.2. The van der Waals surface area contributed by atoms with Crippen LogP contribution in [0, 0.1) is 0 Å². The van der Waals surface area contributed by atoms with Crippen molar-refractivity contribution in [1.29, 1.82) is 0 Å². The molecule has 1 unspecified atom stereocenters. The molecule has 2 N–H and O–H groups in total. The molecule has 0 amide bonds. The minimum Gasteiger partial charge on any atom is -0.497 e. The summed E-state index contributed by atoms with van der Waals surface area (Å²) in [5.74, 6) is 0.728. The number of benzene rings is 2. The van der Waals surface area contributed by atoms with Crippen LogP contribution < -0.4 is 15.6 Å². The molecule has 5 rings (SSSR count). The molecule has 0 aliphatic carbocycles. The van der Waals surface area contributed by atoms with Crippen molar-refractivity contribution in [2.24, 2.45) is 0 Å². The molecule has 0 saturated carbocycles. The number of carbonyl (C=O) groups excluding carboxylic acids is 1. The molecule has 0 fully saturated rings. The number of pyridine rings is 2. The van der Waals surface area contributed by atoms with Gasteiger partial charge in [-0.15, -0.1) is 0 Å². The molecule has 1 atom stereocenters. The Bertz CT molecular complexity index is 1500. The maximum atomic E-state index is 13.5. The fourth-order valence-corrected chi connectivity index (χ4v) is 4.84. The second-order valence-corrected chi connectivity index (χ2v) is 8.83. The Kier molecular flexibility index (Phi) is 6.54. The summed E-state index contributed by atoms with van der Waals surface area (Å²) in [6.45, 7) is 3.28. The van der Waals surface area contributed by atoms with Gasteiger partial charge in [0, 0.05) is 24.0 Å². The van der Waals surface area contributed by atoms with Gasteiger partial charge >= 0.3 is 0 Å². The van der Waals surface area contributed by atoms with Crippen LogP contribution in [0.25, 0.3) is 22.3 Å². The number of carbonyl (C=O) groups is 1. The highest BCUT2D eigenvalue weighted by Gasteiger charge is 2.29. The van der Waals surface area contributed by atoms with Crippen LogP contribution in [-0.4, -0.2) is 28.2 Å². The monoisotopic (exact) mass is 485 g/mol. The van der Waals surface area contributed by atoms with E-state index in [1.54, 1.807) is 24.7 Å². The first-order valence-electron chi connectivity index (χ1n) is 11.8. The topological polar surface area (TPSA) is 103 Å². The van der Waals surface area contributed by atoms with Gasteiger partial charge in [-0.2, -0.15) is 0 Å². The van der Waals surface area contributed by atoms with E-state index in [4.69, 9.17) is 14.5 Å². The average Bonchev–Trinajstić information content (AvgIpc) is 3.26. The van der Waals surface area contributed by atoms with E-state index in [1.807, 2.05) is 36.4 Å². The number of fused-ring (bicyclic) bond motifs is 4. The van der Waals surface area contributed by atoms with Gasteiger partial charge in [0.25, 0.3) is 12.0 Å². The van der Waals surface area contributed by atoms with Crippen molar-refractivity contribution < 1.29 is 19.4 Å². The van der Waals surface area contributed by atoms with E-state index in [-0.39, 0.29) is 17.7 Å². The van der Waals surface area contributed by atoms with Gasteiger partial charge in [0.1, 0.15) is 12.4 Å². The van der Waals surface area contributed by atoms with Gasteiger partial charge in [-0.3, -0.25) is 9.59 Å². The van der Waals surface area contributed by atoms with Crippen LogP contribution in [0.5, 0.6) is 5.75 Å². The van der Waals surface area contributed by atoms with Crippen molar-refractivity contribution >= 4 is 17.4 Å². The fraction of sp³-hybridized carbons (Fsp3) is 0.250. The zero-order chi connectivity index (χ0) is 25.2. The molecule has 0 bridgehead atoms. The first kappa shape index (κ1) is 23.7. The molecule has 2 aromatic heterocycles. The highest BCUT2D eigenvalue weighted by Crippen LogP contribution is 2.37. The smallest absolute Gasteiger partial charge is 0.293 e. The Morgan fingerprint density at radius 3 is 2.67 bits per heavy atom. The van der Waals surface area contributed by atoms with Gasteiger partial charge in [0.2, 0.25) is 0 Å². The SMILES string of the molecule is COc1ccc2nc3c(c(CNCc4ccccc4)c2c1)Cn1c-3cc(C(C)O)c(COC=O)c1=O. The molecule has 184 valence electrons. The van der Waals surface area contributed by atoms with E-state index in [1.165, 1.54) is 5.56 Å². The summed E-state index contributed by atoms with van der Waals surface area (Å²) in [5.41, 5.74) is 5.70. The second-order valence-electron chi connectivity index (χ2n) is 8.83. The van der Waals surface area contributed by atoms with Crippen molar-refractivity contribution in [3.8, 4) is 17.1 Å². The maximum absolute atomic E-state index is 13.5. The zero-order valence-electron chi connectivity index (χ0n) is 20.2. The summed E-state index contributed by atoms with van der Waals surface area (Å²) in [6.07, 6.45) is -0.908. The number of nitrogens with zero attached hydrogens (tertiary/aromatic N) is 2. The molecule has 1 aliphatic rings. The molecule has 8 nitrogen and oxygen atoms in total. The minimum atomic E-state index is -0.908. The summed E-state index contributed by atoms with van der Waals surface area (Å²) >= 11 is 0. The van der Waals surface area contributed by atoms with Crippen LogP contribution in [0.1, 0.15) is 40.8 Å². The maximum Gasteiger partial charge on any atom is 0.293 e. The molecule has 1 aliphatic heterocycles.